The first-order valence-corrected chi connectivity index (χ1v) is 11.4. The molecule has 0 aliphatic rings. The summed E-state index contributed by atoms with van der Waals surface area (Å²) in [6.45, 7) is 1.16. The Bertz CT molecular complexity index is 1050. The minimum Gasteiger partial charge on any atom is -0.493 e. The van der Waals surface area contributed by atoms with Crippen molar-refractivity contribution in [3.63, 3.8) is 0 Å². The molecule has 2 aromatic carbocycles. The van der Waals surface area contributed by atoms with Crippen molar-refractivity contribution in [3.05, 3.63) is 40.4 Å². The van der Waals surface area contributed by atoms with E-state index in [1.165, 1.54) is 11.3 Å². The van der Waals surface area contributed by atoms with Gasteiger partial charge in [-0.3, -0.25) is 9.69 Å². The number of fused-ring (bicyclic) bond motifs is 1. The molecular formula is C22H25Cl2N3O4S. The van der Waals surface area contributed by atoms with Crippen LogP contribution in [0.3, 0.4) is 0 Å². The molecule has 0 radical (unpaired) electrons. The smallest absolute Gasteiger partial charge is 0.266 e. The zero-order chi connectivity index (χ0) is 23.3. The SMILES string of the molecule is COc1cc2nc(N(CCCN(C)C)C(=O)COc3ccc(Cl)cc3Cl)sc2cc1OC. The van der Waals surface area contributed by atoms with Crippen molar-refractivity contribution >= 4 is 55.8 Å². The van der Waals surface area contributed by atoms with Crippen LogP contribution in [-0.2, 0) is 4.79 Å². The third-order valence-electron chi connectivity index (χ3n) is 4.65. The van der Waals surface area contributed by atoms with Gasteiger partial charge in [0.1, 0.15) is 5.75 Å². The summed E-state index contributed by atoms with van der Waals surface area (Å²) in [5, 5.41) is 1.44. The number of hydrogen-bond donors (Lipinski definition) is 0. The van der Waals surface area contributed by atoms with Gasteiger partial charge in [-0.05, 0) is 45.3 Å². The summed E-state index contributed by atoms with van der Waals surface area (Å²) >= 11 is 13.5. The standard InChI is InChI=1S/C22H25Cl2N3O4S/c1-26(2)8-5-9-27(21(28)13-31-17-7-6-14(23)10-15(17)24)22-25-16-11-18(29-3)19(30-4)12-20(16)32-22/h6-7,10-12H,5,8-9,13H2,1-4H3. The van der Waals surface area contributed by atoms with Gasteiger partial charge in [-0.15, -0.1) is 0 Å². The lowest BCUT2D eigenvalue weighted by Crippen LogP contribution is -2.36. The Kier molecular flexibility index (Phi) is 8.42. The fourth-order valence-corrected chi connectivity index (χ4v) is 4.52. The predicted octanol–water partition coefficient (Wildman–Crippen LogP) is 4.98. The lowest BCUT2D eigenvalue weighted by atomic mass is 10.3. The number of ether oxygens (including phenoxy) is 3. The van der Waals surface area contributed by atoms with Crippen molar-refractivity contribution in [2.75, 3.05) is 52.9 Å². The highest BCUT2D eigenvalue weighted by molar-refractivity contribution is 7.22. The molecular weight excluding hydrogens is 473 g/mol. The number of thiazole rings is 1. The van der Waals surface area contributed by atoms with Crippen LogP contribution in [0.15, 0.2) is 30.3 Å². The Morgan fingerprint density at radius 3 is 2.41 bits per heavy atom. The van der Waals surface area contributed by atoms with E-state index in [2.05, 4.69) is 9.88 Å². The molecule has 0 saturated carbocycles. The number of anilines is 1. The van der Waals surface area contributed by atoms with Gasteiger partial charge in [-0.1, -0.05) is 34.5 Å². The fraction of sp³-hybridized carbons (Fsp3) is 0.364. The van der Waals surface area contributed by atoms with Gasteiger partial charge in [-0.2, -0.15) is 0 Å². The van der Waals surface area contributed by atoms with E-state index in [1.807, 2.05) is 20.2 Å². The molecule has 1 heterocycles. The van der Waals surface area contributed by atoms with Crippen LogP contribution in [-0.4, -0.2) is 63.8 Å². The number of aromatic nitrogens is 1. The van der Waals surface area contributed by atoms with E-state index in [1.54, 1.807) is 43.4 Å². The van der Waals surface area contributed by atoms with Gasteiger partial charge >= 0.3 is 0 Å². The Morgan fingerprint density at radius 1 is 1.03 bits per heavy atom. The maximum Gasteiger partial charge on any atom is 0.266 e. The number of hydrogen-bond acceptors (Lipinski definition) is 7. The summed E-state index contributed by atoms with van der Waals surface area (Å²) in [6, 6.07) is 8.55. The first kappa shape index (κ1) is 24.4. The second kappa shape index (κ2) is 11.0. The van der Waals surface area contributed by atoms with Gasteiger partial charge in [0.15, 0.2) is 23.2 Å². The number of benzene rings is 2. The summed E-state index contributed by atoms with van der Waals surface area (Å²) in [5.74, 6) is 1.38. The van der Waals surface area contributed by atoms with Gasteiger partial charge in [0.25, 0.3) is 5.91 Å². The molecule has 0 fully saturated rings. The fourth-order valence-electron chi connectivity index (χ4n) is 3.04. The molecule has 0 atom stereocenters. The summed E-state index contributed by atoms with van der Waals surface area (Å²) < 4.78 is 17.3. The molecule has 1 aromatic heterocycles. The zero-order valence-electron chi connectivity index (χ0n) is 18.4. The molecule has 0 aliphatic carbocycles. The van der Waals surface area contributed by atoms with Crippen LogP contribution in [0, 0.1) is 0 Å². The minimum absolute atomic E-state index is 0.175. The topological polar surface area (TPSA) is 64.1 Å². The number of carbonyl (C=O) groups is 1. The first-order chi connectivity index (χ1) is 15.3. The molecule has 0 N–H and O–H groups in total. The maximum atomic E-state index is 13.1. The average Bonchev–Trinajstić information content (AvgIpc) is 3.17. The number of rotatable bonds is 10. The van der Waals surface area contributed by atoms with E-state index < -0.39 is 0 Å². The van der Waals surface area contributed by atoms with E-state index in [0.717, 1.165) is 23.2 Å². The molecule has 172 valence electrons. The molecule has 3 aromatic rings. The third-order valence-corrected chi connectivity index (χ3v) is 6.22. The molecule has 7 nitrogen and oxygen atoms in total. The third kappa shape index (κ3) is 5.95. The van der Waals surface area contributed by atoms with Gasteiger partial charge in [-0.25, -0.2) is 4.98 Å². The summed E-state index contributed by atoms with van der Waals surface area (Å²) in [4.78, 5) is 21.5. The molecule has 0 aliphatic heterocycles. The molecule has 3 rings (SSSR count). The normalized spacial score (nSPS) is 11.1. The van der Waals surface area contributed by atoms with Crippen LogP contribution in [0.25, 0.3) is 10.2 Å². The van der Waals surface area contributed by atoms with E-state index >= 15 is 0 Å². The maximum absolute atomic E-state index is 13.1. The Labute approximate surface area is 201 Å². The van der Waals surface area contributed by atoms with E-state index in [0.29, 0.717) is 39.0 Å². The van der Waals surface area contributed by atoms with Gasteiger partial charge in [0, 0.05) is 23.7 Å². The zero-order valence-corrected chi connectivity index (χ0v) is 20.7. The van der Waals surface area contributed by atoms with Crippen LogP contribution in [0.1, 0.15) is 6.42 Å². The lowest BCUT2D eigenvalue weighted by molar-refractivity contribution is -0.120. The Morgan fingerprint density at radius 2 is 1.75 bits per heavy atom. The summed E-state index contributed by atoms with van der Waals surface area (Å²) in [6.07, 6.45) is 0.781. The summed E-state index contributed by atoms with van der Waals surface area (Å²) in [5.41, 5.74) is 0.731. The monoisotopic (exact) mass is 497 g/mol. The largest absolute Gasteiger partial charge is 0.493 e. The number of halogens is 2. The van der Waals surface area contributed by atoms with Crippen molar-refractivity contribution in [1.29, 1.82) is 0 Å². The Balaban J connectivity index is 1.84. The molecule has 0 saturated heterocycles. The van der Waals surface area contributed by atoms with Crippen LogP contribution >= 0.6 is 34.5 Å². The predicted molar refractivity (Wildman–Crippen MR) is 130 cm³/mol. The number of methoxy groups -OCH3 is 2. The average molecular weight is 498 g/mol. The van der Waals surface area contributed by atoms with Crippen LogP contribution < -0.4 is 19.1 Å². The van der Waals surface area contributed by atoms with Crippen LogP contribution in [0.2, 0.25) is 10.0 Å². The molecule has 32 heavy (non-hydrogen) atoms. The van der Waals surface area contributed by atoms with Crippen molar-refractivity contribution in [2.24, 2.45) is 0 Å². The first-order valence-electron chi connectivity index (χ1n) is 9.88. The van der Waals surface area contributed by atoms with E-state index in [9.17, 15) is 4.79 Å². The quantitative estimate of drug-likeness (QED) is 0.393. The van der Waals surface area contributed by atoms with Crippen molar-refractivity contribution in [2.45, 2.75) is 6.42 Å². The number of nitrogens with zero attached hydrogens (tertiary/aromatic N) is 3. The van der Waals surface area contributed by atoms with Crippen molar-refractivity contribution in [3.8, 4) is 17.2 Å². The van der Waals surface area contributed by atoms with Gasteiger partial charge in [0.05, 0.1) is 29.5 Å². The second-order valence-electron chi connectivity index (χ2n) is 7.24. The highest BCUT2D eigenvalue weighted by Crippen LogP contribution is 2.37. The highest BCUT2D eigenvalue weighted by Gasteiger charge is 2.22. The second-order valence-corrected chi connectivity index (χ2v) is 9.09. The summed E-state index contributed by atoms with van der Waals surface area (Å²) in [7, 11) is 7.15. The van der Waals surface area contributed by atoms with Crippen molar-refractivity contribution in [1.82, 2.24) is 9.88 Å². The van der Waals surface area contributed by atoms with Crippen LogP contribution in [0.4, 0.5) is 5.13 Å². The van der Waals surface area contributed by atoms with E-state index in [-0.39, 0.29) is 12.5 Å². The van der Waals surface area contributed by atoms with E-state index in [4.69, 9.17) is 37.4 Å². The van der Waals surface area contributed by atoms with Gasteiger partial charge < -0.3 is 19.1 Å². The number of amides is 1. The number of carbonyl (C=O) groups excluding carboxylic acids is 1. The molecule has 0 spiro atoms. The molecule has 0 bridgehead atoms. The van der Waals surface area contributed by atoms with Crippen molar-refractivity contribution < 1.29 is 19.0 Å². The molecule has 0 unspecified atom stereocenters. The Hall–Kier alpha value is -2.26. The van der Waals surface area contributed by atoms with Gasteiger partial charge in [0.2, 0.25) is 0 Å². The minimum atomic E-state index is -0.215. The molecule has 1 amide bonds. The van der Waals surface area contributed by atoms with Crippen LogP contribution in [0.5, 0.6) is 17.2 Å². The molecule has 10 heteroatoms. The highest BCUT2D eigenvalue weighted by atomic mass is 35.5. The lowest BCUT2D eigenvalue weighted by Gasteiger charge is -2.21.